The minimum atomic E-state index is -0.665. The Kier molecular flexibility index (Phi) is 4.08. The SMILES string of the molecule is COC(=O)c1ccc(Cn2nc([N+](=O)[O-])nc2Br)cc1. The van der Waals surface area contributed by atoms with Crippen molar-refractivity contribution in [2.24, 2.45) is 0 Å². The van der Waals surface area contributed by atoms with Gasteiger partial charge in [0.15, 0.2) is 0 Å². The van der Waals surface area contributed by atoms with E-state index in [0.29, 0.717) is 12.1 Å². The van der Waals surface area contributed by atoms with Crippen LogP contribution in [0.15, 0.2) is 29.0 Å². The van der Waals surface area contributed by atoms with Gasteiger partial charge in [0.1, 0.15) is 0 Å². The van der Waals surface area contributed by atoms with Crippen LogP contribution in [0.25, 0.3) is 0 Å². The first-order valence-electron chi connectivity index (χ1n) is 5.43. The van der Waals surface area contributed by atoms with Crippen molar-refractivity contribution in [3.8, 4) is 0 Å². The molecule has 0 saturated carbocycles. The highest BCUT2D eigenvalue weighted by molar-refractivity contribution is 9.10. The molecule has 8 nitrogen and oxygen atoms in total. The maximum absolute atomic E-state index is 11.3. The van der Waals surface area contributed by atoms with E-state index in [1.807, 2.05) is 0 Å². The number of benzene rings is 1. The number of nitrogens with zero attached hydrogens (tertiary/aromatic N) is 4. The molecule has 1 aromatic carbocycles. The van der Waals surface area contributed by atoms with Gasteiger partial charge in [0.2, 0.25) is 0 Å². The molecule has 0 aliphatic carbocycles. The highest BCUT2D eigenvalue weighted by atomic mass is 79.9. The highest BCUT2D eigenvalue weighted by Gasteiger charge is 2.19. The van der Waals surface area contributed by atoms with Gasteiger partial charge in [0.25, 0.3) is 4.73 Å². The van der Waals surface area contributed by atoms with Gasteiger partial charge < -0.3 is 14.9 Å². The lowest BCUT2D eigenvalue weighted by molar-refractivity contribution is -0.394. The summed E-state index contributed by atoms with van der Waals surface area (Å²) in [4.78, 5) is 24.8. The molecule has 0 amide bonds. The highest BCUT2D eigenvalue weighted by Crippen LogP contribution is 2.14. The Morgan fingerprint density at radius 3 is 2.60 bits per heavy atom. The fraction of sp³-hybridized carbons (Fsp3) is 0.182. The summed E-state index contributed by atoms with van der Waals surface area (Å²) in [5.74, 6) is -0.891. The first kappa shape index (κ1) is 14.1. The Labute approximate surface area is 121 Å². The molecule has 1 heterocycles. The van der Waals surface area contributed by atoms with Crippen LogP contribution in [0.3, 0.4) is 0 Å². The van der Waals surface area contributed by atoms with E-state index in [1.165, 1.54) is 11.8 Å². The Hall–Kier alpha value is -2.29. The Morgan fingerprint density at radius 2 is 2.10 bits per heavy atom. The molecular weight excluding hydrogens is 332 g/mol. The predicted octanol–water partition coefficient (Wildman–Crippen LogP) is 1.78. The van der Waals surface area contributed by atoms with Gasteiger partial charge in [-0.15, -0.1) is 0 Å². The zero-order valence-corrected chi connectivity index (χ0v) is 11.9. The lowest BCUT2D eigenvalue weighted by atomic mass is 10.1. The van der Waals surface area contributed by atoms with Crippen LogP contribution in [-0.2, 0) is 11.3 Å². The minimum absolute atomic E-state index is 0.265. The van der Waals surface area contributed by atoms with Gasteiger partial charge in [-0.25, -0.2) is 4.79 Å². The van der Waals surface area contributed by atoms with Gasteiger partial charge >= 0.3 is 11.9 Å². The maximum atomic E-state index is 11.3. The van der Waals surface area contributed by atoms with E-state index in [4.69, 9.17) is 0 Å². The number of carbonyl (C=O) groups is 1. The molecule has 0 aliphatic rings. The number of ether oxygens (including phenoxy) is 1. The first-order chi connectivity index (χ1) is 9.51. The van der Waals surface area contributed by atoms with Crippen molar-refractivity contribution < 1.29 is 14.5 Å². The first-order valence-corrected chi connectivity index (χ1v) is 6.22. The summed E-state index contributed by atoms with van der Waals surface area (Å²) in [6.07, 6.45) is 0. The Balaban J connectivity index is 2.18. The van der Waals surface area contributed by atoms with E-state index >= 15 is 0 Å². The molecule has 20 heavy (non-hydrogen) atoms. The van der Waals surface area contributed by atoms with E-state index in [0.717, 1.165) is 5.56 Å². The van der Waals surface area contributed by atoms with E-state index in [2.05, 4.69) is 30.7 Å². The number of esters is 1. The van der Waals surface area contributed by atoms with Crippen molar-refractivity contribution in [3.05, 3.63) is 50.2 Å². The Morgan fingerprint density at radius 1 is 1.45 bits per heavy atom. The zero-order valence-electron chi connectivity index (χ0n) is 10.3. The third-order valence-electron chi connectivity index (χ3n) is 2.49. The van der Waals surface area contributed by atoms with Crippen molar-refractivity contribution >= 4 is 27.8 Å². The van der Waals surface area contributed by atoms with Gasteiger partial charge in [0, 0.05) is 21.0 Å². The summed E-state index contributed by atoms with van der Waals surface area (Å²) in [6.45, 7) is 0.295. The largest absolute Gasteiger partial charge is 0.492 e. The number of carbonyl (C=O) groups excluding carboxylic acids is 1. The van der Waals surface area contributed by atoms with Crippen molar-refractivity contribution in [2.45, 2.75) is 6.54 Å². The van der Waals surface area contributed by atoms with Gasteiger partial charge in [-0.05, 0) is 27.6 Å². The molecule has 104 valence electrons. The maximum Gasteiger partial charge on any atom is 0.492 e. The van der Waals surface area contributed by atoms with Crippen LogP contribution in [-0.4, -0.2) is 32.8 Å². The number of aromatic nitrogens is 3. The zero-order chi connectivity index (χ0) is 14.7. The van der Waals surface area contributed by atoms with Crippen LogP contribution in [0, 0.1) is 10.1 Å². The van der Waals surface area contributed by atoms with Crippen molar-refractivity contribution in [3.63, 3.8) is 0 Å². The van der Waals surface area contributed by atoms with Gasteiger partial charge in [0.05, 0.1) is 19.2 Å². The number of methoxy groups -OCH3 is 1. The summed E-state index contributed by atoms with van der Waals surface area (Å²) >= 11 is 3.10. The fourth-order valence-corrected chi connectivity index (χ4v) is 1.89. The van der Waals surface area contributed by atoms with Crippen molar-refractivity contribution in [2.75, 3.05) is 7.11 Å². The van der Waals surface area contributed by atoms with Crippen LogP contribution in [0.5, 0.6) is 0 Å². The fourth-order valence-electron chi connectivity index (χ4n) is 1.53. The van der Waals surface area contributed by atoms with E-state index in [9.17, 15) is 14.9 Å². The Bertz CT molecular complexity index is 653. The summed E-state index contributed by atoms with van der Waals surface area (Å²) in [5.41, 5.74) is 1.25. The molecular formula is C11H9BrN4O4. The normalized spacial score (nSPS) is 10.3. The molecule has 2 rings (SSSR count). The molecule has 0 bridgehead atoms. The summed E-state index contributed by atoms with van der Waals surface area (Å²) < 4.78 is 6.21. The predicted molar refractivity (Wildman–Crippen MR) is 71.3 cm³/mol. The van der Waals surface area contributed by atoms with Gasteiger partial charge in [-0.3, -0.25) is 0 Å². The van der Waals surface area contributed by atoms with E-state index < -0.39 is 16.8 Å². The average Bonchev–Trinajstić information content (AvgIpc) is 2.80. The minimum Gasteiger partial charge on any atom is -0.465 e. The average molecular weight is 341 g/mol. The summed E-state index contributed by atoms with van der Waals surface area (Å²) in [6, 6.07) is 6.65. The monoisotopic (exact) mass is 340 g/mol. The smallest absolute Gasteiger partial charge is 0.465 e. The number of halogens is 1. The molecule has 9 heteroatoms. The molecule has 0 unspecified atom stereocenters. The van der Waals surface area contributed by atoms with Crippen LogP contribution < -0.4 is 0 Å². The number of hydrogen-bond donors (Lipinski definition) is 0. The molecule has 0 atom stereocenters. The van der Waals surface area contributed by atoms with Crippen molar-refractivity contribution in [1.82, 2.24) is 14.8 Å². The molecule has 0 aliphatic heterocycles. The van der Waals surface area contributed by atoms with Crippen LogP contribution in [0.4, 0.5) is 5.95 Å². The third-order valence-corrected chi connectivity index (χ3v) is 3.07. The number of nitro groups is 1. The number of hydrogen-bond acceptors (Lipinski definition) is 6. The molecule has 0 radical (unpaired) electrons. The summed E-state index contributed by atoms with van der Waals surface area (Å²) in [5, 5.41) is 14.3. The molecule has 1 aromatic heterocycles. The van der Waals surface area contributed by atoms with E-state index in [1.54, 1.807) is 24.3 Å². The molecule has 0 N–H and O–H groups in total. The molecule has 0 saturated heterocycles. The second-order valence-corrected chi connectivity index (χ2v) is 4.49. The van der Waals surface area contributed by atoms with Crippen molar-refractivity contribution in [1.29, 1.82) is 0 Å². The van der Waals surface area contributed by atoms with E-state index in [-0.39, 0.29) is 4.73 Å². The standard InChI is InChI=1S/C11H9BrN4O4/c1-20-9(17)8-4-2-7(3-5-8)6-15-10(12)13-11(14-15)16(18)19/h2-5H,6H2,1H3. The number of rotatable bonds is 4. The van der Waals surface area contributed by atoms with Crippen LogP contribution in [0.1, 0.15) is 15.9 Å². The third kappa shape index (κ3) is 2.99. The molecule has 2 aromatic rings. The summed E-state index contributed by atoms with van der Waals surface area (Å²) in [7, 11) is 1.31. The van der Waals surface area contributed by atoms with Gasteiger partial charge in [-0.1, -0.05) is 12.1 Å². The van der Waals surface area contributed by atoms with Crippen LogP contribution >= 0.6 is 15.9 Å². The van der Waals surface area contributed by atoms with Gasteiger partial charge in [-0.2, -0.15) is 4.68 Å². The lowest BCUT2D eigenvalue weighted by Gasteiger charge is -2.02. The van der Waals surface area contributed by atoms with Crippen LogP contribution in [0.2, 0.25) is 0 Å². The molecule has 0 spiro atoms. The molecule has 0 fully saturated rings. The second kappa shape index (κ2) is 5.78. The topological polar surface area (TPSA) is 100 Å². The lowest BCUT2D eigenvalue weighted by Crippen LogP contribution is -2.04. The second-order valence-electron chi connectivity index (χ2n) is 3.78. The quantitative estimate of drug-likeness (QED) is 0.477.